The quantitative estimate of drug-likeness (QED) is 0.821. The molecule has 0 saturated heterocycles. The van der Waals surface area contributed by atoms with E-state index in [1.54, 1.807) is 4.90 Å². The molecular formula is C21H28N4O4. The number of anilines is 1. The van der Waals surface area contributed by atoms with Crippen LogP contribution in [0.25, 0.3) is 0 Å². The van der Waals surface area contributed by atoms with Gasteiger partial charge in [-0.1, -0.05) is 6.07 Å². The van der Waals surface area contributed by atoms with Crippen LogP contribution in [-0.2, 0) is 22.5 Å². The molecule has 1 aromatic carbocycles. The number of nitrogens with one attached hydrogen (secondary N) is 2. The van der Waals surface area contributed by atoms with Gasteiger partial charge >= 0.3 is 6.09 Å². The number of hydrogen-bond acceptors (Lipinski definition) is 5. The van der Waals surface area contributed by atoms with Crippen LogP contribution < -0.4 is 10.1 Å². The van der Waals surface area contributed by atoms with Crippen molar-refractivity contribution < 1.29 is 19.1 Å². The minimum absolute atomic E-state index is 0.125. The first-order valence-electron chi connectivity index (χ1n) is 9.66. The van der Waals surface area contributed by atoms with Crippen molar-refractivity contribution in [1.82, 2.24) is 15.1 Å². The summed E-state index contributed by atoms with van der Waals surface area (Å²) in [6.45, 7) is 10.3. The molecule has 0 bridgehead atoms. The molecule has 2 aromatic rings. The lowest BCUT2D eigenvalue weighted by Crippen LogP contribution is -2.40. The standard InChI is InChI=1S/C21H28N4O4/c1-13-6-7-15(10-14(13)2)28-12-18(26)22-19-16-11-25(9-8-17(16)23-24-19)20(27)29-21(3,4)5/h6-7,10H,8-9,11-12H2,1-5H3,(H2,22,23,24,26). The van der Waals surface area contributed by atoms with Gasteiger partial charge in [-0.15, -0.1) is 0 Å². The monoisotopic (exact) mass is 400 g/mol. The second kappa shape index (κ2) is 8.14. The number of aromatic amines is 1. The molecule has 1 aliphatic heterocycles. The number of fused-ring (bicyclic) bond motifs is 1. The smallest absolute Gasteiger partial charge is 0.410 e. The van der Waals surface area contributed by atoms with Gasteiger partial charge in [-0.25, -0.2) is 4.79 Å². The van der Waals surface area contributed by atoms with Crippen molar-refractivity contribution in [3.05, 3.63) is 40.6 Å². The number of hydrogen-bond donors (Lipinski definition) is 2. The van der Waals surface area contributed by atoms with E-state index in [0.717, 1.165) is 16.8 Å². The van der Waals surface area contributed by atoms with Crippen LogP contribution in [0.15, 0.2) is 18.2 Å². The molecular weight excluding hydrogens is 372 g/mol. The molecule has 1 aromatic heterocycles. The van der Waals surface area contributed by atoms with E-state index in [1.807, 2.05) is 52.8 Å². The summed E-state index contributed by atoms with van der Waals surface area (Å²) in [6, 6.07) is 5.69. The zero-order valence-electron chi connectivity index (χ0n) is 17.6. The molecule has 1 aliphatic rings. The zero-order chi connectivity index (χ0) is 21.2. The van der Waals surface area contributed by atoms with Gasteiger partial charge in [0, 0.05) is 24.2 Å². The van der Waals surface area contributed by atoms with Crippen LogP contribution in [-0.4, -0.2) is 45.9 Å². The van der Waals surface area contributed by atoms with Crippen molar-refractivity contribution in [2.24, 2.45) is 0 Å². The Morgan fingerprint density at radius 1 is 1.24 bits per heavy atom. The SMILES string of the molecule is Cc1ccc(OCC(=O)Nc2n[nH]c3c2CN(C(=O)OC(C)(C)C)CC3)cc1C. The lowest BCUT2D eigenvalue weighted by Gasteiger charge is -2.30. The van der Waals surface area contributed by atoms with Crippen molar-refractivity contribution >= 4 is 17.8 Å². The maximum atomic E-state index is 12.4. The summed E-state index contributed by atoms with van der Waals surface area (Å²) in [5, 5.41) is 9.91. The first-order valence-corrected chi connectivity index (χ1v) is 9.66. The predicted octanol–water partition coefficient (Wildman–Crippen LogP) is 3.34. The number of nitrogens with zero attached hydrogens (tertiary/aromatic N) is 2. The van der Waals surface area contributed by atoms with Crippen LogP contribution in [0.4, 0.5) is 10.6 Å². The van der Waals surface area contributed by atoms with Gasteiger partial charge in [0.2, 0.25) is 0 Å². The third-order valence-corrected chi connectivity index (χ3v) is 4.69. The van der Waals surface area contributed by atoms with Gasteiger partial charge in [-0.2, -0.15) is 5.10 Å². The van der Waals surface area contributed by atoms with Gasteiger partial charge in [0.15, 0.2) is 12.4 Å². The Morgan fingerprint density at radius 2 is 2.00 bits per heavy atom. The van der Waals surface area contributed by atoms with Gasteiger partial charge in [0.05, 0.1) is 6.54 Å². The molecule has 0 spiro atoms. The van der Waals surface area contributed by atoms with E-state index in [1.165, 1.54) is 5.56 Å². The summed E-state index contributed by atoms with van der Waals surface area (Å²) < 4.78 is 11.0. The average molecular weight is 400 g/mol. The molecule has 0 fully saturated rings. The first kappa shape index (κ1) is 20.7. The number of aryl methyl sites for hydroxylation is 2. The average Bonchev–Trinajstić information content (AvgIpc) is 3.03. The van der Waals surface area contributed by atoms with Crippen LogP contribution >= 0.6 is 0 Å². The highest BCUT2D eigenvalue weighted by molar-refractivity contribution is 5.91. The Bertz CT molecular complexity index is 914. The number of H-pyrrole nitrogens is 1. The zero-order valence-corrected chi connectivity index (χ0v) is 17.6. The molecule has 3 rings (SSSR count). The second-order valence-electron chi connectivity index (χ2n) is 8.26. The van der Waals surface area contributed by atoms with Crippen molar-refractivity contribution in [2.75, 3.05) is 18.5 Å². The largest absolute Gasteiger partial charge is 0.484 e. The van der Waals surface area contributed by atoms with Crippen molar-refractivity contribution in [3.8, 4) is 5.75 Å². The summed E-state index contributed by atoms with van der Waals surface area (Å²) >= 11 is 0. The number of rotatable bonds is 4. The Kier molecular flexibility index (Phi) is 5.81. The minimum atomic E-state index is -0.559. The molecule has 8 heteroatoms. The van der Waals surface area contributed by atoms with Gasteiger partial charge in [0.1, 0.15) is 11.4 Å². The molecule has 0 saturated carbocycles. The van der Waals surface area contributed by atoms with Crippen molar-refractivity contribution in [3.63, 3.8) is 0 Å². The third-order valence-electron chi connectivity index (χ3n) is 4.69. The number of carbonyl (C=O) groups is 2. The normalized spacial score (nSPS) is 13.6. The third kappa shape index (κ3) is 5.28. The summed E-state index contributed by atoms with van der Waals surface area (Å²) in [6.07, 6.45) is 0.246. The molecule has 0 aliphatic carbocycles. The maximum Gasteiger partial charge on any atom is 0.410 e. The Hall–Kier alpha value is -3.03. The van der Waals surface area contributed by atoms with Crippen LogP contribution in [0.5, 0.6) is 5.75 Å². The van der Waals surface area contributed by atoms with Crippen molar-refractivity contribution in [1.29, 1.82) is 0 Å². The van der Waals surface area contributed by atoms with Crippen LogP contribution in [0.1, 0.15) is 43.2 Å². The number of carbonyl (C=O) groups excluding carboxylic acids is 2. The molecule has 2 heterocycles. The van der Waals surface area contributed by atoms with Crippen LogP contribution in [0.2, 0.25) is 0 Å². The van der Waals surface area contributed by atoms with Gasteiger partial charge in [0.25, 0.3) is 5.91 Å². The lowest BCUT2D eigenvalue weighted by molar-refractivity contribution is -0.118. The molecule has 0 unspecified atom stereocenters. The molecule has 8 nitrogen and oxygen atoms in total. The first-order chi connectivity index (χ1) is 13.6. The summed E-state index contributed by atoms with van der Waals surface area (Å²) in [5.41, 5.74) is 3.42. The lowest BCUT2D eigenvalue weighted by atomic mass is 10.1. The van der Waals surface area contributed by atoms with E-state index in [9.17, 15) is 9.59 Å². The number of aromatic nitrogens is 2. The topological polar surface area (TPSA) is 96.5 Å². The van der Waals surface area contributed by atoms with Gasteiger partial charge in [-0.05, 0) is 57.9 Å². The molecule has 156 valence electrons. The summed E-state index contributed by atoms with van der Waals surface area (Å²) in [5.74, 6) is 0.747. The molecule has 29 heavy (non-hydrogen) atoms. The van der Waals surface area contributed by atoms with E-state index in [4.69, 9.17) is 9.47 Å². The van der Waals surface area contributed by atoms with Crippen molar-refractivity contribution in [2.45, 2.75) is 53.2 Å². The second-order valence-corrected chi connectivity index (χ2v) is 8.26. The predicted molar refractivity (Wildman–Crippen MR) is 109 cm³/mol. The summed E-state index contributed by atoms with van der Waals surface area (Å²) in [4.78, 5) is 26.3. The highest BCUT2D eigenvalue weighted by atomic mass is 16.6. The highest BCUT2D eigenvalue weighted by Gasteiger charge is 2.29. The fourth-order valence-electron chi connectivity index (χ4n) is 3.00. The molecule has 2 amide bonds. The fourth-order valence-corrected chi connectivity index (χ4v) is 3.00. The summed E-state index contributed by atoms with van der Waals surface area (Å²) in [7, 11) is 0. The maximum absolute atomic E-state index is 12.4. The molecule has 2 N–H and O–H groups in total. The number of ether oxygens (including phenoxy) is 2. The van der Waals surface area contributed by atoms with E-state index < -0.39 is 5.60 Å². The fraction of sp³-hybridized carbons (Fsp3) is 0.476. The highest BCUT2D eigenvalue weighted by Crippen LogP contribution is 2.25. The Balaban J connectivity index is 1.60. The Labute approximate surface area is 170 Å². The van der Waals surface area contributed by atoms with Crippen LogP contribution in [0, 0.1) is 13.8 Å². The molecule has 0 atom stereocenters. The van der Waals surface area contributed by atoms with E-state index in [0.29, 0.717) is 31.1 Å². The van der Waals surface area contributed by atoms with E-state index in [2.05, 4.69) is 15.5 Å². The Morgan fingerprint density at radius 3 is 2.69 bits per heavy atom. The van der Waals surface area contributed by atoms with Gasteiger partial charge in [-0.3, -0.25) is 9.89 Å². The number of amides is 2. The number of benzene rings is 1. The molecule has 0 radical (unpaired) electrons. The van der Waals surface area contributed by atoms with Crippen LogP contribution in [0.3, 0.4) is 0 Å². The minimum Gasteiger partial charge on any atom is -0.484 e. The van der Waals surface area contributed by atoms with E-state index in [-0.39, 0.29) is 18.6 Å². The van der Waals surface area contributed by atoms with E-state index >= 15 is 0 Å². The van der Waals surface area contributed by atoms with Gasteiger partial charge < -0.3 is 19.7 Å².